The molecule has 2 aromatic rings. The first kappa shape index (κ1) is 13.7. The van der Waals surface area contributed by atoms with Crippen LogP contribution in [0.1, 0.15) is 19.8 Å². The summed E-state index contributed by atoms with van der Waals surface area (Å²) in [7, 11) is 0. The van der Waals surface area contributed by atoms with Crippen LogP contribution < -0.4 is 5.32 Å². The van der Waals surface area contributed by atoms with Crippen molar-refractivity contribution in [2.45, 2.75) is 19.8 Å². The lowest BCUT2D eigenvalue weighted by Crippen LogP contribution is -2.40. The van der Waals surface area contributed by atoms with Crippen molar-refractivity contribution in [1.29, 1.82) is 0 Å². The van der Waals surface area contributed by atoms with Gasteiger partial charge >= 0.3 is 6.03 Å². The number of likely N-dealkylation sites (tertiary alicyclic amines) is 1. The van der Waals surface area contributed by atoms with Crippen molar-refractivity contribution in [3.8, 4) is 5.69 Å². The highest BCUT2D eigenvalue weighted by Crippen LogP contribution is 2.17. The Kier molecular flexibility index (Phi) is 3.90. The van der Waals surface area contributed by atoms with Gasteiger partial charge in [-0.3, -0.25) is 0 Å². The number of rotatable bonds is 2. The molecular formula is C16H20N4O. The Labute approximate surface area is 124 Å². The van der Waals surface area contributed by atoms with Crippen LogP contribution in [-0.4, -0.2) is 33.8 Å². The molecule has 21 heavy (non-hydrogen) atoms. The maximum absolute atomic E-state index is 12.2. The average Bonchev–Trinajstić information content (AvgIpc) is 2.97. The Hall–Kier alpha value is -2.30. The van der Waals surface area contributed by atoms with Crippen LogP contribution in [0.25, 0.3) is 5.69 Å². The third kappa shape index (κ3) is 3.24. The monoisotopic (exact) mass is 284 g/mol. The molecule has 0 atom stereocenters. The Bertz CT molecular complexity index is 600. The normalized spacial score (nSPS) is 16.0. The molecule has 110 valence electrons. The van der Waals surface area contributed by atoms with Gasteiger partial charge in [-0.05, 0) is 30.9 Å². The second-order valence-corrected chi connectivity index (χ2v) is 5.61. The van der Waals surface area contributed by atoms with E-state index in [-0.39, 0.29) is 6.03 Å². The summed E-state index contributed by atoms with van der Waals surface area (Å²) in [6.07, 6.45) is 5.67. The first-order chi connectivity index (χ1) is 10.2. The molecule has 0 bridgehead atoms. The number of urea groups is 1. The number of piperidine rings is 1. The average molecular weight is 284 g/mol. The number of para-hydroxylation sites is 1. The number of benzene rings is 1. The van der Waals surface area contributed by atoms with Gasteiger partial charge in [0.25, 0.3) is 0 Å². The summed E-state index contributed by atoms with van der Waals surface area (Å²) in [5.74, 6) is 0.717. The van der Waals surface area contributed by atoms with Crippen molar-refractivity contribution in [2.75, 3.05) is 18.4 Å². The van der Waals surface area contributed by atoms with E-state index in [1.165, 1.54) is 0 Å². The van der Waals surface area contributed by atoms with Gasteiger partial charge in [-0.2, -0.15) is 5.10 Å². The van der Waals surface area contributed by atoms with Crippen LogP contribution in [0.15, 0.2) is 42.7 Å². The van der Waals surface area contributed by atoms with Gasteiger partial charge in [-0.15, -0.1) is 0 Å². The van der Waals surface area contributed by atoms with Crippen molar-refractivity contribution < 1.29 is 4.79 Å². The number of carbonyl (C=O) groups excluding carboxylic acids is 1. The molecule has 2 amide bonds. The summed E-state index contributed by atoms with van der Waals surface area (Å²) in [6, 6.07) is 9.81. The maximum Gasteiger partial charge on any atom is 0.321 e. The van der Waals surface area contributed by atoms with Crippen LogP contribution >= 0.6 is 0 Å². The highest BCUT2D eigenvalue weighted by molar-refractivity contribution is 5.89. The molecule has 3 rings (SSSR count). The van der Waals surface area contributed by atoms with Gasteiger partial charge in [0.05, 0.1) is 23.8 Å². The summed E-state index contributed by atoms with van der Waals surface area (Å²) >= 11 is 0. The number of hydrogen-bond donors (Lipinski definition) is 1. The van der Waals surface area contributed by atoms with E-state index in [0.717, 1.165) is 43.2 Å². The SMILES string of the molecule is CC1CCN(C(=O)Nc2cnn(-c3ccccc3)c2)CC1. The fourth-order valence-electron chi connectivity index (χ4n) is 2.52. The van der Waals surface area contributed by atoms with Crippen molar-refractivity contribution in [3.05, 3.63) is 42.7 Å². The number of hydrogen-bond acceptors (Lipinski definition) is 2. The Morgan fingerprint density at radius 2 is 1.95 bits per heavy atom. The van der Waals surface area contributed by atoms with E-state index in [2.05, 4.69) is 17.3 Å². The largest absolute Gasteiger partial charge is 0.325 e. The fourth-order valence-corrected chi connectivity index (χ4v) is 2.52. The lowest BCUT2D eigenvalue weighted by Gasteiger charge is -2.30. The maximum atomic E-state index is 12.2. The minimum absolute atomic E-state index is 0.0329. The molecule has 2 heterocycles. The van der Waals surface area contributed by atoms with E-state index in [0.29, 0.717) is 0 Å². The molecule has 0 spiro atoms. The standard InChI is InChI=1S/C16H20N4O/c1-13-7-9-19(10-8-13)16(21)18-14-11-17-20(12-14)15-5-3-2-4-6-15/h2-6,11-13H,7-10H2,1H3,(H,18,21). The topological polar surface area (TPSA) is 50.2 Å². The number of nitrogens with zero attached hydrogens (tertiary/aromatic N) is 3. The number of aromatic nitrogens is 2. The van der Waals surface area contributed by atoms with Gasteiger partial charge in [0, 0.05) is 13.1 Å². The van der Waals surface area contributed by atoms with Crippen LogP contribution in [0.5, 0.6) is 0 Å². The molecule has 1 aliphatic rings. The van der Waals surface area contributed by atoms with E-state index in [1.54, 1.807) is 10.9 Å². The Morgan fingerprint density at radius 3 is 2.67 bits per heavy atom. The van der Waals surface area contributed by atoms with Crippen LogP contribution in [0.3, 0.4) is 0 Å². The Morgan fingerprint density at radius 1 is 1.24 bits per heavy atom. The summed E-state index contributed by atoms with van der Waals surface area (Å²) in [6.45, 7) is 3.90. The molecule has 0 unspecified atom stereocenters. The van der Waals surface area contributed by atoms with E-state index in [1.807, 2.05) is 41.4 Å². The molecule has 1 aromatic heterocycles. The van der Waals surface area contributed by atoms with Gasteiger partial charge in [0.1, 0.15) is 0 Å². The highest BCUT2D eigenvalue weighted by atomic mass is 16.2. The Balaban J connectivity index is 1.63. The zero-order valence-corrected chi connectivity index (χ0v) is 12.2. The minimum atomic E-state index is -0.0329. The number of amides is 2. The second kappa shape index (κ2) is 5.99. The third-order valence-corrected chi connectivity index (χ3v) is 3.93. The van der Waals surface area contributed by atoms with Crippen LogP contribution in [-0.2, 0) is 0 Å². The van der Waals surface area contributed by atoms with Gasteiger partial charge in [0.2, 0.25) is 0 Å². The predicted octanol–water partition coefficient (Wildman–Crippen LogP) is 3.14. The molecule has 1 saturated heterocycles. The van der Waals surface area contributed by atoms with Crippen molar-refractivity contribution >= 4 is 11.7 Å². The van der Waals surface area contributed by atoms with E-state index >= 15 is 0 Å². The van der Waals surface area contributed by atoms with Gasteiger partial charge in [-0.25, -0.2) is 9.48 Å². The number of anilines is 1. The summed E-state index contributed by atoms with van der Waals surface area (Å²) in [4.78, 5) is 14.1. The summed E-state index contributed by atoms with van der Waals surface area (Å²) < 4.78 is 1.76. The lowest BCUT2D eigenvalue weighted by molar-refractivity contribution is 0.186. The van der Waals surface area contributed by atoms with Crippen LogP contribution in [0.2, 0.25) is 0 Å². The predicted molar refractivity (Wildman–Crippen MR) is 82.6 cm³/mol. The third-order valence-electron chi connectivity index (χ3n) is 3.93. The molecule has 5 heteroatoms. The fraction of sp³-hybridized carbons (Fsp3) is 0.375. The van der Waals surface area contributed by atoms with Gasteiger partial charge < -0.3 is 10.2 Å². The molecule has 0 aliphatic carbocycles. The van der Waals surface area contributed by atoms with E-state index in [9.17, 15) is 4.79 Å². The minimum Gasteiger partial charge on any atom is -0.325 e. The zero-order chi connectivity index (χ0) is 14.7. The number of carbonyl (C=O) groups is 1. The second-order valence-electron chi connectivity index (χ2n) is 5.61. The molecule has 0 saturated carbocycles. The van der Waals surface area contributed by atoms with Crippen molar-refractivity contribution in [1.82, 2.24) is 14.7 Å². The highest BCUT2D eigenvalue weighted by Gasteiger charge is 2.20. The van der Waals surface area contributed by atoms with E-state index in [4.69, 9.17) is 0 Å². The molecular weight excluding hydrogens is 264 g/mol. The zero-order valence-electron chi connectivity index (χ0n) is 12.2. The molecule has 1 N–H and O–H groups in total. The van der Waals surface area contributed by atoms with Crippen molar-refractivity contribution in [3.63, 3.8) is 0 Å². The van der Waals surface area contributed by atoms with E-state index < -0.39 is 0 Å². The van der Waals surface area contributed by atoms with Gasteiger partial charge in [0.15, 0.2) is 0 Å². The quantitative estimate of drug-likeness (QED) is 0.921. The summed E-state index contributed by atoms with van der Waals surface area (Å²) in [5.41, 5.74) is 1.70. The van der Waals surface area contributed by atoms with Gasteiger partial charge in [-0.1, -0.05) is 25.1 Å². The molecule has 0 radical (unpaired) electrons. The summed E-state index contributed by atoms with van der Waals surface area (Å²) in [5, 5.41) is 7.20. The van der Waals surface area contributed by atoms with Crippen LogP contribution in [0.4, 0.5) is 10.5 Å². The molecule has 1 fully saturated rings. The smallest absolute Gasteiger partial charge is 0.321 e. The first-order valence-electron chi connectivity index (χ1n) is 7.38. The molecule has 1 aliphatic heterocycles. The molecule has 5 nitrogen and oxygen atoms in total. The number of nitrogens with one attached hydrogen (secondary N) is 1. The first-order valence-corrected chi connectivity index (χ1v) is 7.38. The molecule has 1 aromatic carbocycles. The van der Waals surface area contributed by atoms with Crippen molar-refractivity contribution in [2.24, 2.45) is 5.92 Å². The lowest BCUT2D eigenvalue weighted by atomic mass is 10.00. The van der Waals surface area contributed by atoms with Crippen LogP contribution in [0, 0.1) is 5.92 Å².